The number of phenolic OH excluding ortho intramolecular Hbond substituents is 1. The molecular formula is C11H10Cl2N2OS. The molecule has 1 heterocycles. The highest BCUT2D eigenvalue weighted by molar-refractivity contribution is 7.09. The summed E-state index contributed by atoms with van der Waals surface area (Å²) in [5.41, 5.74) is 0.750. The van der Waals surface area contributed by atoms with E-state index in [1.54, 1.807) is 29.7 Å². The molecule has 2 aromatic rings. The predicted molar refractivity (Wildman–Crippen MR) is 72.3 cm³/mol. The molecule has 17 heavy (non-hydrogen) atoms. The number of halogens is 2. The predicted octanol–water partition coefficient (Wildman–Crippen LogP) is 4.33. The molecule has 1 aromatic carbocycles. The van der Waals surface area contributed by atoms with Gasteiger partial charge >= 0.3 is 0 Å². The molecule has 1 atom stereocenters. The van der Waals surface area contributed by atoms with E-state index in [0.29, 0.717) is 0 Å². The van der Waals surface area contributed by atoms with Gasteiger partial charge < -0.3 is 10.4 Å². The van der Waals surface area contributed by atoms with Crippen LogP contribution >= 0.6 is 34.5 Å². The van der Waals surface area contributed by atoms with E-state index in [-0.39, 0.29) is 21.8 Å². The first kappa shape index (κ1) is 12.5. The molecule has 0 aliphatic carbocycles. The molecule has 0 amide bonds. The van der Waals surface area contributed by atoms with Gasteiger partial charge in [-0.1, -0.05) is 23.2 Å². The molecule has 0 bridgehead atoms. The third-order valence-electron chi connectivity index (χ3n) is 2.22. The molecule has 0 saturated carbocycles. The fourth-order valence-electron chi connectivity index (χ4n) is 1.41. The van der Waals surface area contributed by atoms with Crippen LogP contribution in [0.1, 0.15) is 18.0 Å². The zero-order chi connectivity index (χ0) is 12.4. The molecule has 0 saturated heterocycles. The molecule has 0 radical (unpaired) electrons. The molecular weight excluding hydrogens is 279 g/mol. The maximum absolute atomic E-state index is 9.45. The summed E-state index contributed by atoms with van der Waals surface area (Å²) in [6.07, 6.45) is 1.76. The second-order valence-electron chi connectivity index (χ2n) is 3.52. The molecule has 90 valence electrons. The van der Waals surface area contributed by atoms with Gasteiger partial charge in [-0.05, 0) is 19.1 Å². The average Bonchev–Trinajstić information content (AvgIpc) is 2.79. The summed E-state index contributed by atoms with van der Waals surface area (Å²) in [4.78, 5) is 4.22. The number of phenols is 1. The van der Waals surface area contributed by atoms with Crippen molar-refractivity contribution in [3.8, 4) is 5.75 Å². The lowest BCUT2D eigenvalue weighted by Gasteiger charge is -2.13. The van der Waals surface area contributed by atoms with Gasteiger partial charge in [0.1, 0.15) is 5.01 Å². The number of thiazole rings is 1. The molecule has 1 unspecified atom stereocenters. The summed E-state index contributed by atoms with van der Waals surface area (Å²) in [5.74, 6) is -0.0965. The first-order valence-corrected chi connectivity index (χ1v) is 6.55. The lowest BCUT2D eigenvalue weighted by atomic mass is 10.2. The van der Waals surface area contributed by atoms with E-state index in [9.17, 15) is 5.11 Å². The minimum Gasteiger partial charge on any atom is -0.505 e. The Kier molecular flexibility index (Phi) is 3.76. The second-order valence-corrected chi connectivity index (χ2v) is 5.27. The van der Waals surface area contributed by atoms with Gasteiger partial charge in [-0.3, -0.25) is 0 Å². The SMILES string of the molecule is CC(Nc1cc(Cl)c(O)c(Cl)c1)c1nccs1. The van der Waals surface area contributed by atoms with Gasteiger partial charge in [0.25, 0.3) is 0 Å². The Morgan fingerprint density at radius 1 is 1.35 bits per heavy atom. The van der Waals surface area contributed by atoms with E-state index in [0.717, 1.165) is 10.7 Å². The van der Waals surface area contributed by atoms with Crippen molar-refractivity contribution in [2.24, 2.45) is 0 Å². The fourth-order valence-corrected chi connectivity index (χ4v) is 2.54. The van der Waals surface area contributed by atoms with Crippen molar-refractivity contribution in [1.82, 2.24) is 4.98 Å². The van der Waals surface area contributed by atoms with Crippen LogP contribution in [0.15, 0.2) is 23.7 Å². The quantitative estimate of drug-likeness (QED) is 0.827. The van der Waals surface area contributed by atoms with Gasteiger partial charge in [-0.25, -0.2) is 4.98 Å². The van der Waals surface area contributed by atoms with Crippen LogP contribution in [0.4, 0.5) is 5.69 Å². The zero-order valence-electron chi connectivity index (χ0n) is 8.95. The van der Waals surface area contributed by atoms with Crippen molar-refractivity contribution in [2.45, 2.75) is 13.0 Å². The smallest absolute Gasteiger partial charge is 0.152 e. The van der Waals surface area contributed by atoms with Gasteiger partial charge in [0.05, 0.1) is 16.1 Å². The Hall–Kier alpha value is -0.970. The number of rotatable bonds is 3. The van der Waals surface area contributed by atoms with Gasteiger partial charge in [0.2, 0.25) is 0 Å². The summed E-state index contributed by atoms with van der Waals surface area (Å²) in [7, 11) is 0. The normalized spacial score (nSPS) is 12.4. The number of aromatic nitrogens is 1. The minimum atomic E-state index is -0.0965. The number of aromatic hydroxyl groups is 1. The zero-order valence-corrected chi connectivity index (χ0v) is 11.3. The van der Waals surface area contributed by atoms with Crippen LogP contribution in [0.2, 0.25) is 10.0 Å². The van der Waals surface area contributed by atoms with E-state index in [4.69, 9.17) is 23.2 Å². The maximum Gasteiger partial charge on any atom is 0.152 e. The Bertz CT molecular complexity index is 493. The molecule has 0 aliphatic heterocycles. The van der Waals surface area contributed by atoms with Crippen LogP contribution in [0.25, 0.3) is 0 Å². The van der Waals surface area contributed by atoms with Crippen molar-refractivity contribution >= 4 is 40.2 Å². The van der Waals surface area contributed by atoms with Gasteiger partial charge in [0.15, 0.2) is 5.75 Å². The highest BCUT2D eigenvalue weighted by atomic mass is 35.5. The molecule has 1 aromatic heterocycles. The largest absolute Gasteiger partial charge is 0.505 e. The van der Waals surface area contributed by atoms with Gasteiger partial charge in [-0.2, -0.15) is 0 Å². The maximum atomic E-state index is 9.45. The van der Waals surface area contributed by atoms with E-state index >= 15 is 0 Å². The van der Waals surface area contributed by atoms with Gasteiger partial charge in [0, 0.05) is 17.3 Å². The summed E-state index contributed by atoms with van der Waals surface area (Å²) < 4.78 is 0. The summed E-state index contributed by atoms with van der Waals surface area (Å²) in [6, 6.07) is 3.33. The van der Waals surface area contributed by atoms with E-state index < -0.39 is 0 Å². The molecule has 6 heteroatoms. The fraction of sp³-hybridized carbons (Fsp3) is 0.182. The van der Waals surface area contributed by atoms with E-state index in [2.05, 4.69) is 10.3 Å². The summed E-state index contributed by atoms with van der Waals surface area (Å²) in [6.45, 7) is 1.99. The van der Waals surface area contributed by atoms with Crippen molar-refractivity contribution in [3.63, 3.8) is 0 Å². The summed E-state index contributed by atoms with van der Waals surface area (Å²) in [5, 5.41) is 16.0. The number of hydrogen-bond acceptors (Lipinski definition) is 4. The van der Waals surface area contributed by atoms with Crippen LogP contribution < -0.4 is 5.32 Å². The molecule has 3 nitrogen and oxygen atoms in total. The molecule has 2 rings (SSSR count). The minimum absolute atomic E-state index is 0.0617. The van der Waals surface area contributed by atoms with Crippen LogP contribution in [-0.2, 0) is 0 Å². The van der Waals surface area contributed by atoms with Crippen LogP contribution in [-0.4, -0.2) is 10.1 Å². The lowest BCUT2D eigenvalue weighted by molar-refractivity contribution is 0.476. The summed E-state index contributed by atoms with van der Waals surface area (Å²) >= 11 is 13.3. The number of hydrogen-bond donors (Lipinski definition) is 2. The number of nitrogens with zero attached hydrogens (tertiary/aromatic N) is 1. The first-order valence-electron chi connectivity index (χ1n) is 4.92. The number of benzene rings is 1. The molecule has 0 fully saturated rings. The number of nitrogens with one attached hydrogen (secondary N) is 1. The molecule has 0 spiro atoms. The Morgan fingerprint density at radius 2 is 2.00 bits per heavy atom. The lowest BCUT2D eigenvalue weighted by Crippen LogP contribution is -2.05. The highest BCUT2D eigenvalue weighted by Gasteiger charge is 2.11. The first-order chi connectivity index (χ1) is 8.08. The van der Waals surface area contributed by atoms with Crippen LogP contribution in [0.5, 0.6) is 5.75 Å². The van der Waals surface area contributed by atoms with Crippen LogP contribution in [0.3, 0.4) is 0 Å². The Balaban J connectivity index is 2.19. The van der Waals surface area contributed by atoms with Gasteiger partial charge in [-0.15, -0.1) is 11.3 Å². The molecule has 2 N–H and O–H groups in total. The van der Waals surface area contributed by atoms with Crippen molar-refractivity contribution in [3.05, 3.63) is 38.8 Å². The van der Waals surface area contributed by atoms with E-state index in [1.807, 2.05) is 12.3 Å². The Morgan fingerprint density at radius 3 is 2.53 bits per heavy atom. The third-order valence-corrected chi connectivity index (χ3v) is 3.76. The Labute approximate surface area is 113 Å². The van der Waals surface area contributed by atoms with Crippen molar-refractivity contribution in [1.29, 1.82) is 0 Å². The second kappa shape index (κ2) is 5.12. The highest BCUT2D eigenvalue weighted by Crippen LogP contribution is 2.35. The standard InChI is InChI=1S/C11H10Cl2N2OS/c1-6(11-14-2-3-17-11)15-7-4-8(12)10(16)9(13)5-7/h2-6,15-16H,1H3. The topological polar surface area (TPSA) is 45.1 Å². The number of anilines is 1. The third kappa shape index (κ3) is 2.83. The average molecular weight is 289 g/mol. The van der Waals surface area contributed by atoms with Crippen LogP contribution in [0, 0.1) is 0 Å². The van der Waals surface area contributed by atoms with Crippen molar-refractivity contribution < 1.29 is 5.11 Å². The monoisotopic (exact) mass is 288 g/mol. The van der Waals surface area contributed by atoms with E-state index in [1.165, 1.54) is 0 Å². The molecule has 0 aliphatic rings. The van der Waals surface area contributed by atoms with Crippen molar-refractivity contribution in [2.75, 3.05) is 5.32 Å².